The van der Waals surface area contributed by atoms with Gasteiger partial charge in [0.15, 0.2) is 0 Å². The molecule has 0 fully saturated rings. The Balaban J connectivity index is 2.75. The summed E-state index contributed by atoms with van der Waals surface area (Å²) in [6.45, 7) is 2.98. The second kappa shape index (κ2) is 4.28. The molecule has 1 rings (SSSR count). The number of nitrogens with zero attached hydrogens (tertiary/aromatic N) is 1. The summed E-state index contributed by atoms with van der Waals surface area (Å²) in [6, 6.07) is 3.38. The molecule has 0 aliphatic heterocycles. The summed E-state index contributed by atoms with van der Waals surface area (Å²) in [5, 5.41) is 0.595. The first-order chi connectivity index (χ1) is 5.74. The fourth-order valence-electron chi connectivity index (χ4n) is 0.801. The highest BCUT2D eigenvalue weighted by atomic mass is 35.5. The van der Waals surface area contributed by atoms with Gasteiger partial charge in [0.2, 0.25) is 0 Å². The van der Waals surface area contributed by atoms with Crippen molar-refractivity contribution in [3.05, 3.63) is 22.8 Å². The van der Waals surface area contributed by atoms with Crippen molar-refractivity contribution < 1.29 is 4.74 Å². The van der Waals surface area contributed by atoms with Crippen molar-refractivity contribution in [1.82, 2.24) is 4.98 Å². The number of ether oxygens (including phenoxy) is 1. The van der Waals surface area contributed by atoms with Crippen molar-refractivity contribution >= 4 is 17.4 Å². The second-order valence-corrected chi connectivity index (χ2v) is 2.71. The van der Waals surface area contributed by atoms with Gasteiger partial charge in [0, 0.05) is 6.61 Å². The van der Waals surface area contributed by atoms with E-state index in [0.29, 0.717) is 29.7 Å². The number of anilines is 1. The van der Waals surface area contributed by atoms with Crippen LogP contribution in [0.4, 0.5) is 5.82 Å². The minimum Gasteiger partial charge on any atom is -0.384 e. The Morgan fingerprint density at radius 2 is 2.33 bits per heavy atom. The maximum Gasteiger partial charge on any atom is 0.123 e. The molecule has 0 unspecified atom stereocenters. The minimum absolute atomic E-state index is 0.417. The van der Waals surface area contributed by atoms with Crippen LogP contribution in [-0.2, 0) is 11.3 Å². The molecule has 0 bridgehead atoms. The Morgan fingerprint density at radius 1 is 1.58 bits per heavy atom. The highest BCUT2D eigenvalue weighted by Crippen LogP contribution is 2.15. The van der Waals surface area contributed by atoms with E-state index in [1.54, 1.807) is 12.1 Å². The monoisotopic (exact) mass is 186 g/mol. The number of nitrogens with two attached hydrogens (primary N) is 1. The SMILES string of the molecule is CCOCc1nc(N)ccc1Cl. The Labute approximate surface area is 76.5 Å². The molecule has 0 saturated heterocycles. The molecule has 3 nitrogen and oxygen atoms in total. The summed E-state index contributed by atoms with van der Waals surface area (Å²) in [7, 11) is 0. The molecule has 0 atom stereocenters. The van der Waals surface area contributed by atoms with Crippen LogP contribution in [0.5, 0.6) is 0 Å². The molecule has 0 amide bonds. The van der Waals surface area contributed by atoms with E-state index in [2.05, 4.69) is 4.98 Å². The summed E-state index contributed by atoms with van der Waals surface area (Å²) in [6.07, 6.45) is 0. The third-order valence-corrected chi connectivity index (χ3v) is 1.73. The molecule has 0 radical (unpaired) electrons. The molecular formula is C8H11ClN2O. The van der Waals surface area contributed by atoms with Crippen molar-refractivity contribution in [3.63, 3.8) is 0 Å². The Kier molecular flexibility index (Phi) is 3.31. The summed E-state index contributed by atoms with van der Waals surface area (Å²) >= 11 is 5.83. The first kappa shape index (κ1) is 9.29. The van der Waals surface area contributed by atoms with Crippen molar-refractivity contribution in [1.29, 1.82) is 0 Å². The van der Waals surface area contributed by atoms with Crippen LogP contribution in [0.3, 0.4) is 0 Å². The Morgan fingerprint density at radius 3 is 3.00 bits per heavy atom. The predicted molar refractivity (Wildman–Crippen MR) is 49.0 cm³/mol. The molecular weight excluding hydrogens is 176 g/mol. The van der Waals surface area contributed by atoms with Gasteiger partial charge in [-0.15, -0.1) is 0 Å². The molecule has 1 heterocycles. The van der Waals surface area contributed by atoms with Crippen molar-refractivity contribution in [2.24, 2.45) is 0 Å². The maximum atomic E-state index is 5.83. The number of hydrogen-bond donors (Lipinski definition) is 1. The van der Waals surface area contributed by atoms with Crippen LogP contribution in [0.15, 0.2) is 12.1 Å². The lowest BCUT2D eigenvalue weighted by Gasteiger charge is -2.03. The van der Waals surface area contributed by atoms with Gasteiger partial charge in [-0.3, -0.25) is 0 Å². The maximum absolute atomic E-state index is 5.83. The second-order valence-electron chi connectivity index (χ2n) is 2.30. The minimum atomic E-state index is 0.417. The average Bonchev–Trinajstić information content (AvgIpc) is 2.07. The lowest BCUT2D eigenvalue weighted by atomic mass is 10.3. The van der Waals surface area contributed by atoms with Gasteiger partial charge in [-0.25, -0.2) is 4.98 Å². The summed E-state index contributed by atoms with van der Waals surface area (Å²) in [5.41, 5.74) is 6.17. The Bertz CT molecular complexity index is 265. The smallest absolute Gasteiger partial charge is 0.123 e. The molecule has 12 heavy (non-hydrogen) atoms. The molecule has 0 aliphatic carbocycles. The van der Waals surface area contributed by atoms with Gasteiger partial charge in [-0.1, -0.05) is 11.6 Å². The molecule has 4 heteroatoms. The lowest BCUT2D eigenvalue weighted by molar-refractivity contribution is 0.131. The molecule has 2 N–H and O–H groups in total. The van der Waals surface area contributed by atoms with E-state index in [1.165, 1.54) is 0 Å². The van der Waals surface area contributed by atoms with Gasteiger partial charge in [0.05, 0.1) is 17.3 Å². The number of hydrogen-bond acceptors (Lipinski definition) is 3. The van der Waals surface area contributed by atoms with Gasteiger partial charge < -0.3 is 10.5 Å². The zero-order valence-electron chi connectivity index (χ0n) is 6.88. The van der Waals surface area contributed by atoms with Crippen LogP contribution >= 0.6 is 11.6 Å². The lowest BCUT2D eigenvalue weighted by Crippen LogP contribution is -1.99. The summed E-state index contributed by atoms with van der Waals surface area (Å²) < 4.78 is 5.15. The standard InChI is InChI=1S/C8H11ClN2O/c1-2-12-5-7-6(9)3-4-8(10)11-7/h3-4H,2,5H2,1H3,(H2,10,11). The Hall–Kier alpha value is -0.800. The number of rotatable bonds is 3. The molecule has 1 aromatic heterocycles. The largest absolute Gasteiger partial charge is 0.384 e. The fourth-order valence-corrected chi connectivity index (χ4v) is 0.961. The van der Waals surface area contributed by atoms with Gasteiger partial charge in [-0.05, 0) is 19.1 Å². The van der Waals surface area contributed by atoms with Crippen LogP contribution < -0.4 is 5.73 Å². The topological polar surface area (TPSA) is 48.1 Å². The number of halogens is 1. The van der Waals surface area contributed by atoms with Gasteiger partial charge in [0.25, 0.3) is 0 Å². The van der Waals surface area contributed by atoms with Crippen LogP contribution in [0, 0.1) is 0 Å². The van der Waals surface area contributed by atoms with Crippen molar-refractivity contribution in [3.8, 4) is 0 Å². The molecule has 66 valence electrons. The van der Waals surface area contributed by atoms with E-state index >= 15 is 0 Å². The van der Waals surface area contributed by atoms with Crippen LogP contribution in [0.2, 0.25) is 5.02 Å². The fraction of sp³-hybridized carbons (Fsp3) is 0.375. The molecule has 0 aliphatic rings. The molecule has 0 aromatic carbocycles. The quantitative estimate of drug-likeness (QED) is 0.784. The highest BCUT2D eigenvalue weighted by Gasteiger charge is 2.01. The van der Waals surface area contributed by atoms with E-state index in [9.17, 15) is 0 Å². The number of pyridine rings is 1. The first-order valence-electron chi connectivity index (χ1n) is 3.72. The third-order valence-electron chi connectivity index (χ3n) is 1.38. The van der Waals surface area contributed by atoms with Crippen LogP contribution in [0.25, 0.3) is 0 Å². The van der Waals surface area contributed by atoms with Crippen molar-refractivity contribution in [2.45, 2.75) is 13.5 Å². The van der Waals surface area contributed by atoms with E-state index in [-0.39, 0.29) is 0 Å². The molecule has 0 saturated carbocycles. The zero-order chi connectivity index (χ0) is 8.97. The summed E-state index contributed by atoms with van der Waals surface area (Å²) in [4.78, 5) is 4.03. The van der Waals surface area contributed by atoms with Crippen LogP contribution in [-0.4, -0.2) is 11.6 Å². The number of nitrogen functional groups attached to an aromatic ring is 1. The van der Waals surface area contributed by atoms with Crippen molar-refractivity contribution in [2.75, 3.05) is 12.3 Å². The normalized spacial score (nSPS) is 10.2. The van der Waals surface area contributed by atoms with E-state index in [0.717, 1.165) is 0 Å². The zero-order valence-corrected chi connectivity index (χ0v) is 7.64. The van der Waals surface area contributed by atoms with E-state index in [1.807, 2.05) is 6.92 Å². The third kappa shape index (κ3) is 2.36. The van der Waals surface area contributed by atoms with E-state index < -0.39 is 0 Å². The highest BCUT2D eigenvalue weighted by molar-refractivity contribution is 6.31. The first-order valence-corrected chi connectivity index (χ1v) is 4.10. The van der Waals surface area contributed by atoms with Crippen LogP contribution in [0.1, 0.15) is 12.6 Å². The molecule has 0 spiro atoms. The van der Waals surface area contributed by atoms with Gasteiger partial charge in [0.1, 0.15) is 5.82 Å². The summed E-state index contributed by atoms with van der Waals surface area (Å²) in [5.74, 6) is 0.467. The van der Waals surface area contributed by atoms with E-state index in [4.69, 9.17) is 22.1 Å². The van der Waals surface area contributed by atoms with Gasteiger partial charge >= 0.3 is 0 Å². The molecule has 1 aromatic rings. The average molecular weight is 187 g/mol. The predicted octanol–water partition coefficient (Wildman–Crippen LogP) is 1.85. The number of aromatic nitrogens is 1. The van der Waals surface area contributed by atoms with Gasteiger partial charge in [-0.2, -0.15) is 0 Å².